The van der Waals surface area contributed by atoms with Crippen LogP contribution in [0.3, 0.4) is 0 Å². The number of aromatic hydroxyl groups is 1. The highest BCUT2D eigenvalue weighted by Gasteiger charge is 2.24. The molecule has 0 saturated heterocycles. The molecular formula is C24H33N5O9S. The van der Waals surface area contributed by atoms with Gasteiger partial charge in [-0.3, -0.25) is 9.36 Å². The lowest BCUT2D eigenvalue weighted by molar-refractivity contribution is 0.0853. The molecule has 39 heavy (non-hydrogen) atoms. The van der Waals surface area contributed by atoms with Crippen molar-refractivity contribution in [3.8, 4) is 11.9 Å². The van der Waals surface area contributed by atoms with Crippen molar-refractivity contribution in [1.29, 1.82) is 5.26 Å². The Bertz CT molecular complexity index is 1300. The highest BCUT2D eigenvalue weighted by atomic mass is 32.2. The van der Waals surface area contributed by atoms with Crippen molar-refractivity contribution in [2.45, 2.75) is 18.0 Å². The Morgan fingerprint density at radius 1 is 1.00 bits per heavy atom. The van der Waals surface area contributed by atoms with E-state index >= 15 is 0 Å². The number of aliphatic hydroxyl groups excluding tert-OH is 1. The minimum atomic E-state index is -3.84. The lowest BCUT2D eigenvalue weighted by Crippen LogP contribution is -2.36. The largest absolute Gasteiger partial charge is 0.493 e. The molecule has 1 aromatic carbocycles. The molecule has 0 saturated carbocycles. The van der Waals surface area contributed by atoms with E-state index in [0.717, 1.165) is 4.57 Å². The first-order valence-corrected chi connectivity index (χ1v) is 13.3. The molecule has 0 bridgehead atoms. The summed E-state index contributed by atoms with van der Waals surface area (Å²) in [7, 11) is 0.476. The Balaban J connectivity index is 2.43. The molecule has 0 amide bonds. The van der Waals surface area contributed by atoms with Crippen LogP contribution in [0, 0.1) is 11.3 Å². The van der Waals surface area contributed by atoms with Crippen molar-refractivity contribution in [3.05, 3.63) is 45.7 Å². The summed E-state index contributed by atoms with van der Waals surface area (Å²) in [4.78, 5) is 12.8. The monoisotopic (exact) mass is 567 g/mol. The van der Waals surface area contributed by atoms with Gasteiger partial charge < -0.3 is 29.2 Å². The maximum atomic E-state index is 13.1. The number of hydrogen-bond acceptors (Lipinski definition) is 12. The number of benzene rings is 1. The standard InChI is InChI=1S/C24H33N5O9S/c1-35-12-8-28(9-13-36-2)39(33,34)19-6-4-18(5-7-19)26-27-22-21(17-37-3)20(16-25)23(31)29(24(22)32)10-14-38-15-11-30/h4-7,30,32H,8-15,17H2,1-3H3/b27-26+. The van der Waals surface area contributed by atoms with Crippen molar-refractivity contribution >= 4 is 21.4 Å². The van der Waals surface area contributed by atoms with Gasteiger partial charge >= 0.3 is 0 Å². The smallest absolute Gasteiger partial charge is 0.271 e. The van der Waals surface area contributed by atoms with Gasteiger partial charge in [-0.15, -0.1) is 5.11 Å². The Labute approximate surface area is 226 Å². The summed E-state index contributed by atoms with van der Waals surface area (Å²) in [5.41, 5.74) is -0.893. The molecule has 0 aliphatic heterocycles. The van der Waals surface area contributed by atoms with Gasteiger partial charge in [-0.25, -0.2) is 8.42 Å². The average molecular weight is 568 g/mol. The number of methoxy groups -OCH3 is 3. The number of pyridine rings is 1. The minimum absolute atomic E-state index is 0.0131. The molecule has 1 aromatic heterocycles. The number of nitriles is 1. The molecule has 0 radical (unpaired) electrons. The maximum absolute atomic E-state index is 13.1. The number of sulfonamides is 1. The number of nitrogens with zero attached hydrogens (tertiary/aromatic N) is 5. The third kappa shape index (κ3) is 8.38. The van der Waals surface area contributed by atoms with Crippen LogP contribution < -0.4 is 5.56 Å². The van der Waals surface area contributed by atoms with Crippen LogP contribution in [-0.2, 0) is 42.1 Å². The maximum Gasteiger partial charge on any atom is 0.271 e. The first-order valence-electron chi connectivity index (χ1n) is 11.8. The molecule has 2 rings (SSSR count). The van der Waals surface area contributed by atoms with E-state index in [1.807, 2.05) is 6.07 Å². The van der Waals surface area contributed by atoms with E-state index in [9.17, 15) is 23.6 Å². The molecule has 0 atom stereocenters. The van der Waals surface area contributed by atoms with Crippen LogP contribution in [0.25, 0.3) is 0 Å². The van der Waals surface area contributed by atoms with Crippen LogP contribution in [0.1, 0.15) is 11.1 Å². The van der Waals surface area contributed by atoms with Crippen LogP contribution in [0.15, 0.2) is 44.2 Å². The zero-order chi connectivity index (χ0) is 28.8. The van der Waals surface area contributed by atoms with Crippen LogP contribution in [-0.4, -0.2) is 95.0 Å². The number of aliphatic hydroxyl groups is 1. The fourth-order valence-corrected chi connectivity index (χ4v) is 4.86. The highest BCUT2D eigenvalue weighted by Crippen LogP contribution is 2.33. The topological polar surface area (TPSA) is 185 Å². The summed E-state index contributed by atoms with van der Waals surface area (Å²) >= 11 is 0. The Kier molecular flexibility index (Phi) is 13.1. The molecule has 2 aromatic rings. The second-order valence-corrected chi connectivity index (χ2v) is 9.88. The molecule has 0 fully saturated rings. The number of rotatable bonds is 17. The second-order valence-electron chi connectivity index (χ2n) is 7.95. The van der Waals surface area contributed by atoms with Crippen LogP contribution in [0.5, 0.6) is 5.88 Å². The minimum Gasteiger partial charge on any atom is -0.493 e. The summed E-state index contributed by atoms with van der Waals surface area (Å²) in [5, 5.41) is 37.4. The first kappa shape index (κ1) is 32.0. The van der Waals surface area contributed by atoms with E-state index in [-0.39, 0.29) is 86.7 Å². The van der Waals surface area contributed by atoms with E-state index in [1.165, 1.54) is 49.9 Å². The zero-order valence-corrected chi connectivity index (χ0v) is 22.9. The van der Waals surface area contributed by atoms with E-state index in [0.29, 0.717) is 0 Å². The quantitative estimate of drug-likeness (QED) is 0.208. The Hall–Kier alpha value is -3.23. The fraction of sp³-hybridized carbons (Fsp3) is 0.500. The second kappa shape index (κ2) is 16.0. The lowest BCUT2D eigenvalue weighted by Gasteiger charge is -2.21. The molecule has 2 N–H and O–H groups in total. The zero-order valence-electron chi connectivity index (χ0n) is 22.1. The summed E-state index contributed by atoms with van der Waals surface area (Å²) in [6.45, 7) is 0.224. The molecule has 0 unspecified atom stereocenters. The molecule has 15 heteroatoms. The summed E-state index contributed by atoms with van der Waals surface area (Å²) in [6.07, 6.45) is 0. The SMILES string of the molecule is COCCN(CCOC)S(=O)(=O)c1ccc(/N=N/c2c(COC)c(C#N)c(=O)n(CCOCCO)c2O)cc1. The third-order valence-electron chi connectivity index (χ3n) is 5.44. The van der Waals surface area contributed by atoms with E-state index < -0.39 is 21.5 Å². The molecule has 0 spiro atoms. The lowest BCUT2D eigenvalue weighted by atomic mass is 10.1. The van der Waals surface area contributed by atoms with Crippen LogP contribution in [0.4, 0.5) is 11.4 Å². The highest BCUT2D eigenvalue weighted by molar-refractivity contribution is 7.89. The molecule has 14 nitrogen and oxygen atoms in total. The van der Waals surface area contributed by atoms with Gasteiger partial charge in [-0.05, 0) is 24.3 Å². The molecule has 0 aliphatic rings. The predicted molar refractivity (Wildman–Crippen MR) is 139 cm³/mol. The van der Waals surface area contributed by atoms with Crippen molar-refractivity contribution in [1.82, 2.24) is 8.87 Å². The van der Waals surface area contributed by atoms with Crippen LogP contribution in [0.2, 0.25) is 0 Å². The van der Waals surface area contributed by atoms with E-state index in [2.05, 4.69) is 10.2 Å². The van der Waals surface area contributed by atoms with Gasteiger partial charge in [0.25, 0.3) is 5.56 Å². The number of azo groups is 1. The molecular weight excluding hydrogens is 534 g/mol. The summed E-state index contributed by atoms with van der Waals surface area (Å²) in [6, 6.07) is 7.42. The van der Waals surface area contributed by atoms with Gasteiger partial charge in [0.1, 0.15) is 11.6 Å². The third-order valence-corrected chi connectivity index (χ3v) is 7.35. The predicted octanol–water partition coefficient (Wildman–Crippen LogP) is 1.28. The molecule has 0 aliphatic carbocycles. The van der Waals surface area contributed by atoms with Gasteiger partial charge in [0.05, 0.1) is 56.8 Å². The van der Waals surface area contributed by atoms with Crippen molar-refractivity contribution in [2.75, 3.05) is 67.5 Å². The van der Waals surface area contributed by atoms with Crippen molar-refractivity contribution in [2.24, 2.45) is 10.2 Å². The molecule has 1 heterocycles. The van der Waals surface area contributed by atoms with Crippen molar-refractivity contribution in [3.63, 3.8) is 0 Å². The van der Waals surface area contributed by atoms with Gasteiger partial charge in [-0.1, -0.05) is 0 Å². The molecule has 214 valence electrons. The normalized spacial score (nSPS) is 11.9. The van der Waals surface area contributed by atoms with E-state index in [1.54, 1.807) is 0 Å². The van der Waals surface area contributed by atoms with Crippen LogP contribution >= 0.6 is 0 Å². The Morgan fingerprint density at radius 2 is 1.64 bits per heavy atom. The summed E-state index contributed by atoms with van der Waals surface area (Å²) in [5.74, 6) is -0.548. The van der Waals surface area contributed by atoms with E-state index in [4.69, 9.17) is 24.1 Å². The number of ether oxygens (including phenoxy) is 4. The first-order chi connectivity index (χ1) is 18.8. The van der Waals surface area contributed by atoms with Gasteiger partial charge in [0.2, 0.25) is 15.9 Å². The Morgan fingerprint density at radius 3 is 2.18 bits per heavy atom. The van der Waals surface area contributed by atoms with Gasteiger partial charge in [-0.2, -0.15) is 14.7 Å². The summed E-state index contributed by atoms with van der Waals surface area (Å²) < 4.78 is 48.7. The van der Waals surface area contributed by atoms with Gasteiger partial charge in [0.15, 0.2) is 5.69 Å². The van der Waals surface area contributed by atoms with Gasteiger partial charge in [0, 0.05) is 40.0 Å². The van der Waals surface area contributed by atoms with Crippen molar-refractivity contribution < 1.29 is 37.6 Å². The number of aromatic nitrogens is 1. The fourth-order valence-electron chi connectivity index (χ4n) is 3.46. The average Bonchev–Trinajstić information content (AvgIpc) is 2.93. The number of hydrogen-bond donors (Lipinski definition) is 2.